The molecule has 0 saturated carbocycles. The summed E-state index contributed by atoms with van der Waals surface area (Å²) in [5, 5.41) is 10.0. The van der Waals surface area contributed by atoms with Gasteiger partial charge in [-0.1, -0.05) is 24.3 Å². The smallest absolute Gasteiger partial charge is 0.268 e. The van der Waals surface area contributed by atoms with Crippen molar-refractivity contribution in [2.24, 2.45) is 7.05 Å². The van der Waals surface area contributed by atoms with Crippen molar-refractivity contribution in [2.45, 2.75) is 6.92 Å². The second-order valence-electron chi connectivity index (χ2n) is 6.41. The zero-order chi connectivity index (χ0) is 21.1. The molecule has 0 aliphatic heterocycles. The maximum absolute atomic E-state index is 12.7. The maximum atomic E-state index is 12.7. The summed E-state index contributed by atoms with van der Waals surface area (Å²) in [5.74, 6) is 0.222. The van der Waals surface area contributed by atoms with E-state index >= 15 is 0 Å². The summed E-state index contributed by atoms with van der Waals surface area (Å²) in [7, 11) is 4.50. The predicted octanol–water partition coefficient (Wildman–Crippen LogP) is 1.97. The van der Waals surface area contributed by atoms with Crippen LogP contribution < -0.4 is 24.2 Å². The molecule has 150 valence electrons. The largest absolute Gasteiger partial charge is 0.502 e. The van der Waals surface area contributed by atoms with Gasteiger partial charge in [0.25, 0.3) is 5.56 Å². The number of aromatic hydroxyl groups is 1. The number of Topliss-reactive ketones (excluding diaryl/α,β-unsaturated/α-hetero) is 1. The minimum Gasteiger partial charge on any atom is -0.502 e. The SMILES string of the molecule is COc1cc(/C=c2\s/c(=C\C(=O)c3ccccc3C)n(C)c2=O)cc(OC)c1O. The number of methoxy groups -OCH3 is 2. The van der Waals surface area contributed by atoms with Gasteiger partial charge in [-0.15, -0.1) is 11.3 Å². The van der Waals surface area contributed by atoms with Gasteiger partial charge in [-0.25, -0.2) is 0 Å². The standard InChI is InChI=1S/C22H21NO5S/c1-13-7-5-6-8-15(13)16(24)12-20-23(2)22(26)19(29-20)11-14-9-17(27-3)21(25)18(10-14)28-4/h5-12,25H,1-4H3/b19-11-,20-12-. The molecule has 0 radical (unpaired) electrons. The van der Waals surface area contributed by atoms with E-state index in [2.05, 4.69) is 0 Å². The van der Waals surface area contributed by atoms with Gasteiger partial charge in [-0.2, -0.15) is 0 Å². The summed E-state index contributed by atoms with van der Waals surface area (Å²) in [5.41, 5.74) is 1.90. The number of aryl methyl sites for hydroxylation is 1. The average molecular weight is 411 g/mol. The molecule has 0 atom stereocenters. The zero-order valence-corrected chi connectivity index (χ0v) is 17.4. The number of carbonyl (C=O) groups excluding carboxylic acids is 1. The first-order valence-corrected chi connectivity index (χ1v) is 9.61. The first kappa shape index (κ1) is 20.4. The van der Waals surface area contributed by atoms with Crippen LogP contribution in [-0.2, 0) is 7.05 Å². The van der Waals surface area contributed by atoms with Crippen LogP contribution in [0.1, 0.15) is 21.5 Å². The molecule has 1 N–H and O–H groups in total. The summed E-state index contributed by atoms with van der Waals surface area (Å²) >= 11 is 1.22. The monoisotopic (exact) mass is 411 g/mol. The molecule has 2 aromatic carbocycles. The average Bonchev–Trinajstić information content (AvgIpc) is 2.97. The van der Waals surface area contributed by atoms with E-state index in [1.807, 2.05) is 25.1 Å². The van der Waals surface area contributed by atoms with E-state index in [0.717, 1.165) is 5.56 Å². The molecule has 3 aromatic rings. The van der Waals surface area contributed by atoms with Crippen molar-refractivity contribution in [3.05, 3.63) is 72.6 Å². The van der Waals surface area contributed by atoms with Gasteiger partial charge in [0.15, 0.2) is 17.3 Å². The van der Waals surface area contributed by atoms with Gasteiger partial charge in [0.1, 0.15) is 4.66 Å². The van der Waals surface area contributed by atoms with Crippen LogP contribution in [0, 0.1) is 6.92 Å². The molecule has 0 bridgehead atoms. The van der Waals surface area contributed by atoms with Crippen molar-refractivity contribution < 1.29 is 19.4 Å². The number of hydrogen-bond donors (Lipinski definition) is 1. The number of rotatable bonds is 5. The Kier molecular flexibility index (Phi) is 5.89. The van der Waals surface area contributed by atoms with Crippen LogP contribution in [0.4, 0.5) is 0 Å². The van der Waals surface area contributed by atoms with E-state index in [1.165, 1.54) is 36.2 Å². The van der Waals surface area contributed by atoms with Gasteiger partial charge in [0.05, 0.1) is 18.8 Å². The molecule has 1 aromatic heterocycles. The van der Waals surface area contributed by atoms with E-state index in [-0.39, 0.29) is 28.6 Å². The minimum atomic E-state index is -0.218. The van der Waals surface area contributed by atoms with Gasteiger partial charge >= 0.3 is 0 Å². The van der Waals surface area contributed by atoms with E-state index in [1.54, 1.807) is 31.3 Å². The number of thiazole rings is 1. The predicted molar refractivity (Wildman–Crippen MR) is 114 cm³/mol. The lowest BCUT2D eigenvalue weighted by molar-refractivity contribution is 0.106. The second-order valence-corrected chi connectivity index (χ2v) is 7.47. The van der Waals surface area contributed by atoms with Crippen molar-refractivity contribution in [3.63, 3.8) is 0 Å². The lowest BCUT2D eigenvalue weighted by Gasteiger charge is -2.09. The number of benzene rings is 2. The van der Waals surface area contributed by atoms with E-state index in [4.69, 9.17) is 9.47 Å². The fourth-order valence-electron chi connectivity index (χ4n) is 2.90. The molecule has 7 heteroatoms. The molecule has 0 aliphatic rings. The Morgan fingerprint density at radius 3 is 2.34 bits per heavy atom. The van der Waals surface area contributed by atoms with Crippen molar-refractivity contribution in [1.29, 1.82) is 0 Å². The Hall–Kier alpha value is -3.32. The Morgan fingerprint density at radius 1 is 1.14 bits per heavy atom. The molecule has 0 saturated heterocycles. The molecular formula is C22H21NO5S. The van der Waals surface area contributed by atoms with Gasteiger partial charge in [0.2, 0.25) is 5.75 Å². The molecule has 0 spiro atoms. The lowest BCUT2D eigenvalue weighted by Crippen LogP contribution is -2.29. The molecule has 0 fully saturated rings. The lowest BCUT2D eigenvalue weighted by atomic mass is 10.1. The van der Waals surface area contributed by atoms with Crippen LogP contribution >= 0.6 is 11.3 Å². The highest BCUT2D eigenvalue weighted by Gasteiger charge is 2.11. The number of aromatic nitrogens is 1. The number of carbonyl (C=O) groups is 1. The molecular weight excluding hydrogens is 390 g/mol. The van der Waals surface area contributed by atoms with Crippen LogP contribution in [-0.4, -0.2) is 29.7 Å². The van der Waals surface area contributed by atoms with Crippen LogP contribution in [0.15, 0.2) is 41.2 Å². The number of phenolic OH excluding ortho intramolecular Hbond substituents is 1. The summed E-state index contributed by atoms with van der Waals surface area (Å²) in [4.78, 5) is 25.3. The number of phenols is 1. The molecule has 29 heavy (non-hydrogen) atoms. The maximum Gasteiger partial charge on any atom is 0.268 e. The molecule has 0 unspecified atom stereocenters. The third-order valence-electron chi connectivity index (χ3n) is 4.53. The van der Waals surface area contributed by atoms with Crippen molar-refractivity contribution in [2.75, 3.05) is 14.2 Å². The van der Waals surface area contributed by atoms with E-state index in [9.17, 15) is 14.7 Å². The van der Waals surface area contributed by atoms with Gasteiger partial charge in [0, 0.05) is 18.7 Å². The normalized spacial score (nSPS) is 12.3. The van der Waals surface area contributed by atoms with Crippen molar-refractivity contribution in [3.8, 4) is 17.2 Å². The highest BCUT2D eigenvalue weighted by atomic mass is 32.1. The Labute approximate surface area is 171 Å². The first-order chi connectivity index (χ1) is 13.8. The second kappa shape index (κ2) is 8.36. The van der Waals surface area contributed by atoms with Crippen molar-refractivity contribution >= 4 is 29.3 Å². The molecule has 0 aliphatic carbocycles. The topological polar surface area (TPSA) is 77.8 Å². The summed E-state index contributed by atoms with van der Waals surface area (Å²) in [6.07, 6.45) is 3.15. The highest BCUT2D eigenvalue weighted by Crippen LogP contribution is 2.37. The molecule has 0 amide bonds. The summed E-state index contributed by atoms with van der Waals surface area (Å²) < 4.78 is 12.8. The fraction of sp³-hybridized carbons (Fsp3) is 0.182. The number of nitrogens with zero attached hydrogens (tertiary/aromatic N) is 1. The van der Waals surface area contributed by atoms with Gasteiger partial charge in [-0.05, 0) is 36.3 Å². The molecule has 6 nitrogen and oxygen atoms in total. The number of ketones is 1. The quantitative estimate of drug-likeness (QED) is 0.650. The Morgan fingerprint density at radius 2 is 1.76 bits per heavy atom. The number of hydrogen-bond acceptors (Lipinski definition) is 6. The van der Waals surface area contributed by atoms with Crippen LogP contribution in [0.3, 0.4) is 0 Å². The van der Waals surface area contributed by atoms with Gasteiger partial charge in [-0.3, -0.25) is 9.59 Å². The van der Waals surface area contributed by atoms with Crippen LogP contribution in [0.2, 0.25) is 0 Å². The van der Waals surface area contributed by atoms with E-state index < -0.39 is 0 Å². The fourth-order valence-corrected chi connectivity index (χ4v) is 3.93. The summed E-state index contributed by atoms with van der Waals surface area (Å²) in [6, 6.07) is 10.5. The van der Waals surface area contributed by atoms with E-state index in [0.29, 0.717) is 20.3 Å². The third-order valence-corrected chi connectivity index (χ3v) is 5.64. The highest BCUT2D eigenvalue weighted by molar-refractivity contribution is 7.07. The zero-order valence-electron chi connectivity index (χ0n) is 16.6. The Balaban J connectivity index is 2.12. The van der Waals surface area contributed by atoms with Crippen LogP contribution in [0.25, 0.3) is 12.2 Å². The number of ether oxygens (including phenoxy) is 2. The van der Waals surface area contributed by atoms with Gasteiger partial charge < -0.3 is 19.1 Å². The summed E-state index contributed by atoms with van der Waals surface area (Å²) in [6.45, 7) is 1.87. The first-order valence-electron chi connectivity index (χ1n) is 8.80. The van der Waals surface area contributed by atoms with Crippen LogP contribution in [0.5, 0.6) is 17.2 Å². The molecule has 3 rings (SSSR count). The molecule has 1 heterocycles. The Bertz CT molecular complexity index is 1230. The van der Waals surface area contributed by atoms with Crippen molar-refractivity contribution in [1.82, 2.24) is 4.57 Å². The third kappa shape index (κ3) is 4.09. The minimum absolute atomic E-state index is 0.107.